The van der Waals surface area contributed by atoms with Crippen molar-refractivity contribution in [2.75, 3.05) is 13.2 Å². The molecule has 0 fully saturated rings. The maximum atomic E-state index is 11.8. The van der Waals surface area contributed by atoms with Crippen LogP contribution < -0.4 is 15.6 Å². The van der Waals surface area contributed by atoms with Crippen LogP contribution in [0.1, 0.15) is 29.3 Å². The minimum Gasteiger partial charge on any atom is -0.484 e. The zero-order valence-electron chi connectivity index (χ0n) is 15.1. The van der Waals surface area contributed by atoms with Crippen molar-refractivity contribution in [1.82, 2.24) is 10.9 Å². The van der Waals surface area contributed by atoms with E-state index in [0.29, 0.717) is 17.9 Å². The largest absolute Gasteiger partial charge is 0.484 e. The molecule has 0 saturated carbocycles. The standard InChI is InChI=1S/C20H22N2O5/c1-2-12-26-20(25)16-8-10-17(11-9-16)27-14-19(24)22-21-18(23)13-15-6-4-3-5-7-15/h3-11H,2,12-14H2,1H3,(H,21,23)(H,22,24). The Labute approximate surface area is 157 Å². The lowest BCUT2D eigenvalue weighted by atomic mass is 10.1. The maximum absolute atomic E-state index is 11.8. The number of amides is 2. The van der Waals surface area contributed by atoms with E-state index in [0.717, 1.165) is 12.0 Å². The summed E-state index contributed by atoms with van der Waals surface area (Å²) in [4.78, 5) is 35.2. The molecular weight excluding hydrogens is 348 g/mol. The highest BCUT2D eigenvalue weighted by Gasteiger charge is 2.09. The average Bonchev–Trinajstić information content (AvgIpc) is 2.70. The number of nitrogens with one attached hydrogen (secondary N) is 2. The van der Waals surface area contributed by atoms with Gasteiger partial charge in [0.2, 0.25) is 5.91 Å². The van der Waals surface area contributed by atoms with Gasteiger partial charge in [0.1, 0.15) is 5.75 Å². The predicted molar refractivity (Wildman–Crippen MR) is 98.9 cm³/mol. The Morgan fingerprint density at radius 3 is 2.22 bits per heavy atom. The van der Waals surface area contributed by atoms with Gasteiger partial charge in [-0.25, -0.2) is 4.79 Å². The Kier molecular flexibility index (Phi) is 7.84. The van der Waals surface area contributed by atoms with Crippen molar-refractivity contribution in [2.45, 2.75) is 19.8 Å². The van der Waals surface area contributed by atoms with Crippen molar-refractivity contribution in [1.29, 1.82) is 0 Å². The number of hydrogen-bond donors (Lipinski definition) is 2. The Morgan fingerprint density at radius 2 is 1.56 bits per heavy atom. The molecular formula is C20H22N2O5. The van der Waals surface area contributed by atoms with E-state index in [-0.39, 0.29) is 18.9 Å². The quantitative estimate of drug-likeness (QED) is 0.548. The molecule has 2 rings (SSSR count). The van der Waals surface area contributed by atoms with E-state index in [4.69, 9.17) is 9.47 Å². The summed E-state index contributed by atoms with van der Waals surface area (Å²) >= 11 is 0. The van der Waals surface area contributed by atoms with Gasteiger partial charge in [-0.3, -0.25) is 20.4 Å². The molecule has 0 unspecified atom stereocenters. The third-order valence-electron chi connectivity index (χ3n) is 3.45. The van der Waals surface area contributed by atoms with Gasteiger partial charge in [-0.05, 0) is 36.2 Å². The maximum Gasteiger partial charge on any atom is 0.338 e. The van der Waals surface area contributed by atoms with Gasteiger partial charge in [0.25, 0.3) is 5.91 Å². The van der Waals surface area contributed by atoms with Crippen molar-refractivity contribution >= 4 is 17.8 Å². The van der Waals surface area contributed by atoms with Crippen LogP contribution in [0.2, 0.25) is 0 Å². The normalized spacial score (nSPS) is 9.96. The molecule has 0 aliphatic carbocycles. The van der Waals surface area contributed by atoms with E-state index in [1.165, 1.54) is 0 Å². The Hall–Kier alpha value is -3.35. The minimum absolute atomic E-state index is 0.164. The number of carbonyl (C=O) groups is 3. The highest BCUT2D eigenvalue weighted by Crippen LogP contribution is 2.13. The van der Waals surface area contributed by atoms with Gasteiger partial charge in [0.15, 0.2) is 6.61 Å². The number of benzene rings is 2. The second kappa shape index (κ2) is 10.6. The van der Waals surface area contributed by atoms with Crippen molar-refractivity contribution < 1.29 is 23.9 Å². The van der Waals surface area contributed by atoms with Crippen LogP contribution in [0.4, 0.5) is 0 Å². The Bertz CT molecular complexity index is 760. The molecule has 142 valence electrons. The highest BCUT2D eigenvalue weighted by atomic mass is 16.5. The van der Waals surface area contributed by atoms with E-state index in [2.05, 4.69) is 10.9 Å². The summed E-state index contributed by atoms with van der Waals surface area (Å²) in [5.74, 6) is -0.803. The summed E-state index contributed by atoms with van der Waals surface area (Å²) < 4.78 is 10.3. The highest BCUT2D eigenvalue weighted by molar-refractivity contribution is 5.89. The number of hydrazine groups is 1. The molecule has 0 saturated heterocycles. The fourth-order valence-corrected chi connectivity index (χ4v) is 2.12. The molecule has 7 nitrogen and oxygen atoms in total. The monoisotopic (exact) mass is 370 g/mol. The molecule has 2 aromatic rings. The second-order valence-electron chi connectivity index (χ2n) is 5.71. The number of hydrogen-bond acceptors (Lipinski definition) is 5. The molecule has 0 aliphatic rings. The van der Waals surface area contributed by atoms with E-state index < -0.39 is 11.9 Å². The van der Waals surface area contributed by atoms with Crippen molar-refractivity contribution in [3.05, 3.63) is 65.7 Å². The number of esters is 1. The SMILES string of the molecule is CCCOC(=O)c1ccc(OCC(=O)NNC(=O)Cc2ccccc2)cc1. The van der Waals surface area contributed by atoms with Gasteiger partial charge in [0, 0.05) is 0 Å². The first-order valence-corrected chi connectivity index (χ1v) is 8.60. The zero-order valence-corrected chi connectivity index (χ0v) is 15.1. The fourth-order valence-electron chi connectivity index (χ4n) is 2.12. The van der Waals surface area contributed by atoms with Gasteiger partial charge < -0.3 is 9.47 Å². The van der Waals surface area contributed by atoms with Crippen molar-refractivity contribution in [2.24, 2.45) is 0 Å². The molecule has 0 aromatic heterocycles. The Morgan fingerprint density at radius 1 is 0.889 bits per heavy atom. The average molecular weight is 370 g/mol. The van der Waals surface area contributed by atoms with Crippen LogP contribution >= 0.6 is 0 Å². The Balaban J connectivity index is 1.70. The second-order valence-corrected chi connectivity index (χ2v) is 5.71. The lowest BCUT2D eigenvalue weighted by molar-refractivity contribution is -0.129. The lowest BCUT2D eigenvalue weighted by Crippen LogP contribution is -2.44. The topological polar surface area (TPSA) is 93.7 Å². The number of carbonyl (C=O) groups excluding carboxylic acids is 3. The van der Waals surface area contributed by atoms with Crippen LogP contribution in [-0.4, -0.2) is 31.0 Å². The van der Waals surface area contributed by atoms with Gasteiger partial charge >= 0.3 is 5.97 Å². The van der Waals surface area contributed by atoms with Crippen LogP contribution in [-0.2, 0) is 20.7 Å². The smallest absolute Gasteiger partial charge is 0.338 e. The van der Waals surface area contributed by atoms with E-state index in [1.807, 2.05) is 37.3 Å². The third kappa shape index (κ3) is 7.19. The zero-order chi connectivity index (χ0) is 19.5. The van der Waals surface area contributed by atoms with Crippen LogP contribution in [0.25, 0.3) is 0 Å². The fraction of sp³-hybridized carbons (Fsp3) is 0.250. The van der Waals surface area contributed by atoms with Gasteiger partial charge in [-0.1, -0.05) is 37.3 Å². The summed E-state index contributed by atoms with van der Waals surface area (Å²) in [6, 6.07) is 15.5. The minimum atomic E-state index is -0.497. The molecule has 2 aromatic carbocycles. The first-order chi connectivity index (χ1) is 13.1. The molecule has 2 amide bonds. The van der Waals surface area contributed by atoms with Gasteiger partial charge in [-0.2, -0.15) is 0 Å². The summed E-state index contributed by atoms with van der Waals surface area (Å²) in [6.45, 7) is 2.01. The third-order valence-corrected chi connectivity index (χ3v) is 3.45. The first kappa shape index (κ1) is 20.0. The van der Waals surface area contributed by atoms with Crippen LogP contribution in [0, 0.1) is 0 Å². The van der Waals surface area contributed by atoms with Gasteiger partial charge in [0.05, 0.1) is 18.6 Å². The molecule has 0 atom stereocenters. The first-order valence-electron chi connectivity index (χ1n) is 8.60. The van der Waals surface area contributed by atoms with Crippen LogP contribution in [0.5, 0.6) is 5.75 Å². The number of rotatable bonds is 8. The van der Waals surface area contributed by atoms with Gasteiger partial charge in [-0.15, -0.1) is 0 Å². The van der Waals surface area contributed by atoms with E-state index in [9.17, 15) is 14.4 Å². The molecule has 0 aliphatic heterocycles. The summed E-state index contributed by atoms with van der Waals surface area (Å²) in [6.07, 6.45) is 0.918. The van der Waals surface area contributed by atoms with E-state index >= 15 is 0 Å². The summed E-state index contributed by atoms with van der Waals surface area (Å²) in [5, 5.41) is 0. The van der Waals surface area contributed by atoms with Crippen LogP contribution in [0.3, 0.4) is 0 Å². The summed E-state index contributed by atoms with van der Waals surface area (Å²) in [5.41, 5.74) is 5.88. The van der Waals surface area contributed by atoms with Crippen molar-refractivity contribution in [3.63, 3.8) is 0 Å². The van der Waals surface area contributed by atoms with E-state index in [1.54, 1.807) is 24.3 Å². The van der Waals surface area contributed by atoms with Crippen molar-refractivity contribution in [3.8, 4) is 5.75 Å². The molecule has 7 heteroatoms. The molecule has 2 N–H and O–H groups in total. The summed E-state index contributed by atoms with van der Waals surface area (Å²) in [7, 11) is 0. The molecule has 0 heterocycles. The van der Waals surface area contributed by atoms with Crippen LogP contribution in [0.15, 0.2) is 54.6 Å². The molecule has 0 radical (unpaired) electrons. The molecule has 27 heavy (non-hydrogen) atoms. The molecule has 0 bridgehead atoms. The predicted octanol–water partition coefficient (Wildman–Crippen LogP) is 2.02. The lowest BCUT2D eigenvalue weighted by Gasteiger charge is -2.09. The molecule has 0 spiro atoms. The number of ether oxygens (including phenoxy) is 2.